The maximum atomic E-state index is 13.5. The van der Waals surface area contributed by atoms with Gasteiger partial charge in [-0.3, -0.25) is 4.98 Å². The molecule has 0 unspecified atom stereocenters. The van der Waals surface area contributed by atoms with E-state index in [4.69, 9.17) is 0 Å². The number of aromatic hydroxyl groups is 1. The van der Waals surface area contributed by atoms with Crippen LogP contribution in [0.3, 0.4) is 0 Å². The molecular formula is C12H10FNO. The summed E-state index contributed by atoms with van der Waals surface area (Å²) in [6, 6.07) is 7.81. The molecule has 1 N–H and O–H groups in total. The van der Waals surface area contributed by atoms with Crippen molar-refractivity contribution < 1.29 is 9.50 Å². The van der Waals surface area contributed by atoms with Gasteiger partial charge in [0.15, 0.2) is 0 Å². The molecule has 1 aromatic heterocycles. The quantitative estimate of drug-likeness (QED) is 0.773. The van der Waals surface area contributed by atoms with E-state index in [2.05, 4.69) is 4.98 Å². The third kappa shape index (κ3) is 1.81. The van der Waals surface area contributed by atoms with Gasteiger partial charge in [0.1, 0.15) is 17.3 Å². The molecule has 0 aliphatic rings. The van der Waals surface area contributed by atoms with Gasteiger partial charge in [-0.15, -0.1) is 0 Å². The number of hydrogen-bond donors (Lipinski definition) is 1. The summed E-state index contributed by atoms with van der Waals surface area (Å²) in [6.45, 7) is 1.86. The van der Waals surface area contributed by atoms with Crippen molar-refractivity contribution in [2.24, 2.45) is 0 Å². The van der Waals surface area contributed by atoms with Crippen molar-refractivity contribution in [1.29, 1.82) is 0 Å². The van der Waals surface area contributed by atoms with Crippen LogP contribution < -0.4 is 0 Å². The van der Waals surface area contributed by atoms with E-state index in [9.17, 15) is 9.50 Å². The van der Waals surface area contributed by atoms with Crippen molar-refractivity contribution in [3.8, 4) is 17.0 Å². The van der Waals surface area contributed by atoms with Crippen molar-refractivity contribution in [3.63, 3.8) is 0 Å². The molecule has 15 heavy (non-hydrogen) atoms. The molecule has 3 heteroatoms. The molecule has 0 amide bonds. The van der Waals surface area contributed by atoms with Crippen LogP contribution >= 0.6 is 0 Å². The molecule has 2 aromatic rings. The van der Waals surface area contributed by atoms with Gasteiger partial charge < -0.3 is 5.11 Å². The fourth-order valence-electron chi connectivity index (χ4n) is 1.42. The molecular weight excluding hydrogens is 193 g/mol. The molecule has 0 bridgehead atoms. The lowest BCUT2D eigenvalue weighted by atomic mass is 10.1. The molecule has 2 nitrogen and oxygen atoms in total. The van der Waals surface area contributed by atoms with Gasteiger partial charge in [0.2, 0.25) is 0 Å². The molecule has 0 radical (unpaired) electrons. The van der Waals surface area contributed by atoms with E-state index in [1.807, 2.05) is 6.92 Å². The second kappa shape index (κ2) is 3.69. The first-order valence-electron chi connectivity index (χ1n) is 4.59. The average molecular weight is 203 g/mol. The van der Waals surface area contributed by atoms with Crippen LogP contribution in [-0.4, -0.2) is 10.1 Å². The van der Waals surface area contributed by atoms with Gasteiger partial charge in [-0.05, 0) is 31.2 Å². The Bertz CT molecular complexity index is 497. The molecule has 0 saturated carbocycles. The van der Waals surface area contributed by atoms with Crippen LogP contribution in [0.15, 0.2) is 36.5 Å². The number of aryl methyl sites for hydroxylation is 1. The lowest BCUT2D eigenvalue weighted by Crippen LogP contribution is -1.89. The average Bonchev–Trinajstić information content (AvgIpc) is 2.23. The number of hydrogen-bond acceptors (Lipinski definition) is 2. The van der Waals surface area contributed by atoms with Gasteiger partial charge in [-0.2, -0.15) is 0 Å². The van der Waals surface area contributed by atoms with Crippen LogP contribution in [0, 0.1) is 12.7 Å². The SMILES string of the molecule is Cc1ccc(F)c(-c2ncccc2O)c1. The lowest BCUT2D eigenvalue weighted by Gasteiger charge is -2.05. The zero-order valence-corrected chi connectivity index (χ0v) is 8.24. The highest BCUT2D eigenvalue weighted by molar-refractivity contribution is 5.66. The number of halogens is 1. The van der Waals surface area contributed by atoms with Crippen LogP contribution in [0.4, 0.5) is 4.39 Å². The number of nitrogens with zero attached hydrogens (tertiary/aromatic N) is 1. The summed E-state index contributed by atoms with van der Waals surface area (Å²) < 4.78 is 13.5. The van der Waals surface area contributed by atoms with E-state index in [-0.39, 0.29) is 17.3 Å². The van der Waals surface area contributed by atoms with Gasteiger partial charge >= 0.3 is 0 Å². The summed E-state index contributed by atoms with van der Waals surface area (Å²) in [5, 5.41) is 9.55. The predicted molar refractivity (Wildman–Crippen MR) is 56.0 cm³/mol. The molecule has 2 rings (SSSR count). The summed E-state index contributed by atoms with van der Waals surface area (Å²) in [7, 11) is 0. The van der Waals surface area contributed by atoms with Crippen molar-refractivity contribution in [2.45, 2.75) is 6.92 Å². The third-order valence-corrected chi connectivity index (χ3v) is 2.16. The zero-order chi connectivity index (χ0) is 10.8. The fraction of sp³-hybridized carbons (Fsp3) is 0.0833. The summed E-state index contributed by atoms with van der Waals surface area (Å²) in [4.78, 5) is 3.96. The van der Waals surface area contributed by atoms with E-state index in [1.165, 1.54) is 18.3 Å². The number of aromatic nitrogens is 1. The van der Waals surface area contributed by atoms with Crippen LogP contribution in [0.25, 0.3) is 11.3 Å². The third-order valence-electron chi connectivity index (χ3n) is 2.16. The fourth-order valence-corrected chi connectivity index (χ4v) is 1.42. The van der Waals surface area contributed by atoms with E-state index >= 15 is 0 Å². The highest BCUT2D eigenvalue weighted by atomic mass is 19.1. The molecule has 0 spiro atoms. The van der Waals surface area contributed by atoms with Gasteiger partial charge in [0.25, 0.3) is 0 Å². The second-order valence-electron chi connectivity index (χ2n) is 3.35. The van der Waals surface area contributed by atoms with Crippen molar-refractivity contribution in [1.82, 2.24) is 4.98 Å². The largest absolute Gasteiger partial charge is 0.506 e. The minimum absolute atomic E-state index is 0.0120. The molecule has 0 fully saturated rings. The summed E-state index contributed by atoms with van der Waals surface area (Å²) in [5.41, 5.74) is 1.53. The van der Waals surface area contributed by atoms with E-state index in [0.717, 1.165) is 5.56 Å². The Morgan fingerprint density at radius 3 is 2.80 bits per heavy atom. The monoisotopic (exact) mass is 203 g/mol. The standard InChI is InChI=1S/C12H10FNO/c1-8-4-5-10(13)9(7-8)12-11(15)3-2-6-14-12/h2-7,15H,1H3. The Balaban J connectivity index is 2.64. The van der Waals surface area contributed by atoms with Crippen molar-refractivity contribution in [2.75, 3.05) is 0 Å². The van der Waals surface area contributed by atoms with E-state index in [0.29, 0.717) is 5.56 Å². The second-order valence-corrected chi connectivity index (χ2v) is 3.35. The minimum atomic E-state index is -0.380. The van der Waals surface area contributed by atoms with E-state index in [1.54, 1.807) is 18.2 Å². The maximum absolute atomic E-state index is 13.5. The lowest BCUT2D eigenvalue weighted by molar-refractivity contribution is 0.474. The molecule has 0 atom stereocenters. The van der Waals surface area contributed by atoms with Gasteiger partial charge in [-0.25, -0.2) is 4.39 Å². The summed E-state index contributed by atoms with van der Waals surface area (Å²) in [5.74, 6) is -0.392. The maximum Gasteiger partial charge on any atom is 0.141 e. The zero-order valence-electron chi connectivity index (χ0n) is 8.24. The smallest absolute Gasteiger partial charge is 0.141 e. The topological polar surface area (TPSA) is 33.1 Å². The number of benzene rings is 1. The van der Waals surface area contributed by atoms with Crippen molar-refractivity contribution in [3.05, 3.63) is 47.9 Å². The predicted octanol–water partition coefficient (Wildman–Crippen LogP) is 2.90. The molecule has 1 aromatic carbocycles. The molecule has 0 saturated heterocycles. The van der Waals surface area contributed by atoms with Crippen LogP contribution in [0.1, 0.15) is 5.56 Å². The van der Waals surface area contributed by atoms with Gasteiger partial charge in [0, 0.05) is 11.8 Å². The Morgan fingerprint density at radius 1 is 1.27 bits per heavy atom. The van der Waals surface area contributed by atoms with Crippen molar-refractivity contribution >= 4 is 0 Å². The first-order chi connectivity index (χ1) is 7.18. The van der Waals surface area contributed by atoms with Crippen LogP contribution in [0.2, 0.25) is 0 Å². The Morgan fingerprint density at radius 2 is 2.07 bits per heavy atom. The molecule has 0 aliphatic heterocycles. The number of pyridine rings is 1. The highest BCUT2D eigenvalue weighted by Gasteiger charge is 2.10. The summed E-state index contributed by atoms with van der Waals surface area (Å²) >= 11 is 0. The Kier molecular flexibility index (Phi) is 2.37. The highest BCUT2D eigenvalue weighted by Crippen LogP contribution is 2.28. The first-order valence-corrected chi connectivity index (χ1v) is 4.59. The van der Waals surface area contributed by atoms with Gasteiger partial charge in [-0.1, -0.05) is 11.6 Å². The molecule has 76 valence electrons. The normalized spacial score (nSPS) is 10.3. The Labute approximate surface area is 87.0 Å². The van der Waals surface area contributed by atoms with Crippen LogP contribution in [0.5, 0.6) is 5.75 Å². The van der Waals surface area contributed by atoms with Crippen LogP contribution in [-0.2, 0) is 0 Å². The number of rotatable bonds is 1. The minimum Gasteiger partial charge on any atom is -0.506 e. The Hall–Kier alpha value is -1.90. The van der Waals surface area contributed by atoms with E-state index < -0.39 is 0 Å². The first kappa shape index (κ1) is 9.65. The van der Waals surface area contributed by atoms with Gasteiger partial charge in [0.05, 0.1) is 0 Å². The molecule has 0 aliphatic carbocycles. The summed E-state index contributed by atoms with van der Waals surface area (Å²) in [6.07, 6.45) is 1.52. The molecule has 1 heterocycles.